The molecule has 0 saturated carbocycles. The van der Waals surface area contributed by atoms with E-state index in [0.717, 1.165) is 31.7 Å². The van der Waals surface area contributed by atoms with Gasteiger partial charge in [-0.15, -0.1) is 0 Å². The Morgan fingerprint density at radius 1 is 1.00 bits per heavy atom. The molecule has 1 heterocycles. The molecule has 0 bridgehead atoms. The second-order valence-electron chi connectivity index (χ2n) is 8.85. The molecule has 0 aromatic heterocycles. The zero-order valence-corrected chi connectivity index (χ0v) is 20.9. The van der Waals surface area contributed by atoms with Crippen molar-refractivity contribution in [3.05, 3.63) is 65.7 Å². The van der Waals surface area contributed by atoms with Gasteiger partial charge in [0, 0.05) is 20.1 Å². The number of rotatable bonds is 11. The molecule has 2 N–H and O–H groups in total. The van der Waals surface area contributed by atoms with Gasteiger partial charge in [-0.05, 0) is 55.5 Å². The number of carbonyl (C=O) groups is 2. The number of para-hydroxylation sites is 1. The lowest BCUT2D eigenvalue weighted by atomic mass is 9.90. The van der Waals surface area contributed by atoms with E-state index in [1.807, 2.05) is 7.11 Å². The number of aliphatic carboxylic acids is 2. The van der Waals surface area contributed by atoms with E-state index in [0.29, 0.717) is 12.0 Å². The predicted octanol–water partition coefficient (Wildman–Crippen LogP) is 4.73. The number of carboxylic acid groups (broad SMARTS) is 2. The smallest absolute Gasteiger partial charge is 0.414 e. The van der Waals surface area contributed by atoms with E-state index >= 15 is 0 Å². The van der Waals surface area contributed by atoms with Gasteiger partial charge in [0.25, 0.3) is 0 Å². The second kappa shape index (κ2) is 15.9. The molecule has 35 heavy (non-hydrogen) atoms. The molecule has 2 aromatic rings. The zero-order valence-electron chi connectivity index (χ0n) is 20.9. The van der Waals surface area contributed by atoms with Crippen molar-refractivity contribution in [1.29, 1.82) is 0 Å². The number of hydrogen-bond acceptors (Lipinski definition) is 5. The number of unbranched alkanes of at least 4 members (excludes halogenated alkanes) is 2. The van der Waals surface area contributed by atoms with Crippen molar-refractivity contribution in [2.75, 3.05) is 33.4 Å². The molecule has 0 unspecified atom stereocenters. The third kappa shape index (κ3) is 10.5. The molecule has 2 atom stereocenters. The SMILES string of the molecule is CCCCCN1CC[C@@H](CCOc2ccccc2Cc2ccccc2)[C@H](OC)C1.O=C(O)C(=O)O. The third-order valence-corrected chi connectivity index (χ3v) is 6.30. The van der Waals surface area contributed by atoms with Gasteiger partial charge in [0.2, 0.25) is 0 Å². The lowest BCUT2D eigenvalue weighted by molar-refractivity contribution is -0.159. The van der Waals surface area contributed by atoms with Crippen LogP contribution in [0.15, 0.2) is 54.6 Å². The summed E-state index contributed by atoms with van der Waals surface area (Å²) in [7, 11) is 1.86. The maximum absolute atomic E-state index is 9.10. The minimum atomic E-state index is -1.82. The number of nitrogens with zero attached hydrogens (tertiary/aromatic N) is 1. The van der Waals surface area contributed by atoms with Crippen molar-refractivity contribution in [1.82, 2.24) is 4.90 Å². The molecule has 0 radical (unpaired) electrons. The molecule has 7 heteroatoms. The van der Waals surface area contributed by atoms with Crippen LogP contribution in [-0.2, 0) is 20.7 Å². The van der Waals surface area contributed by atoms with Crippen LogP contribution in [0.5, 0.6) is 5.75 Å². The fourth-order valence-corrected chi connectivity index (χ4v) is 4.34. The van der Waals surface area contributed by atoms with E-state index < -0.39 is 11.9 Å². The van der Waals surface area contributed by atoms with Crippen LogP contribution < -0.4 is 4.74 Å². The van der Waals surface area contributed by atoms with E-state index in [4.69, 9.17) is 29.3 Å². The maximum atomic E-state index is 9.10. The Morgan fingerprint density at radius 3 is 2.34 bits per heavy atom. The first kappa shape index (κ1) is 28.3. The van der Waals surface area contributed by atoms with Gasteiger partial charge in [-0.2, -0.15) is 0 Å². The average molecular weight is 486 g/mol. The quantitative estimate of drug-likeness (QED) is 0.351. The van der Waals surface area contributed by atoms with Crippen molar-refractivity contribution in [3.8, 4) is 5.75 Å². The molecule has 3 rings (SSSR count). The summed E-state index contributed by atoms with van der Waals surface area (Å²) >= 11 is 0. The van der Waals surface area contributed by atoms with Gasteiger partial charge < -0.3 is 24.6 Å². The van der Waals surface area contributed by atoms with Crippen molar-refractivity contribution < 1.29 is 29.3 Å². The maximum Gasteiger partial charge on any atom is 0.414 e. The zero-order chi connectivity index (χ0) is 25.5. The van der Waals surface area contributed by atoms with E-state index in [1.165, 1.54) is 49.9 Å². The first-order valence-corrected chi connectivity index (χ1v) is 12.4. The minimum absolute atomic E-state index is 0.327. The normalized spacial score (nSPS) is 17.8. The highest BCUT2D eigenvalue weighted by atomic mass is 16.5. The van der Waals surface area contributed by atoms with Crippen LogP contribution in [0.3, 0.4) is 0 Å². The summed E-state index contributed by atoms with van der Waals surface area (Å²) < 4.78 is 12.1. The van der Waals surface area contributed by atoms with Gasteiger partial charge >= 0.3 is 11.9 Å². The van der Waals surface area contributed by atoms with Crippen LogP contribution in [0.1, 0.15) is 50.2 Å². The molecule has 192 valence electrons. The van der Waals surface area contributed by atoms with Crippen LogP contribution in [0.2, 0.25) is 0 Å². The molecule has 0 spiro atoms. The number of piperidine rings is 1. The Labute approximate surface area is 208 Å². The fourth-order valence-electron chi connectivity index (χ4n) is 4.34. The van der Waals surface area contributed by atoms with Gasteiger partial charge in [-0.25, -0.2) is 9.59 Å². The topological polar surface area (TPSA) is 96.3 Å². The number of likely N-dealkylation sites (tertiary alicyclic amines) is 1. The van der Waals surface area contributed by atoms with Gasteiger partial charge in [0.05, 0.1) is 12.7 Å². The molecule has 2 aromatic carbocycles. The molecule has 1 aliphatic rings. The van der Waals surface area contributed by atoms with Gasteiger partial charge in [-0.3, -0.25) is 0 Å². The van der Waals surface area contributed by atoms with E-state index in [1.54, 1.807) is 0 Å². The summed E-state index contributed by atoms with van der Waals surface area (Å²) in [5, 5.41) is 14.8. The standard InChI is InChI=1S/C26H37NO2.C2H2O4/c1-3-4-10-17-27-18-15-23(26(21-27)28-2)16-19-29-25-14-9-8-13-24(25)20-22-11-6-5-7-12-22;3-1(4)2(5)6/h5-9,11-14,23,26H,3-4,10,15-21H2,1-2H3;(H,3,4)(H,5,6)/t23-,26+;/m0./s1. The number of carboxylic acids is 2. The largest absolute Gasteiger partial charge is 0.493 e. The number of ether oxygens (including phenoxy) is 2. The molecule has 7 nitrogen and oxygen atoms in total. The van der Waals surface area contributed by atoms with E-state index in [9.17, 15) is 0 Å². The summed E-state index contributed by atoms with van der Waals surface area (Å²) in [5.74, 6) is -2.05. The summed E-state index contributed by atoms with van der Waals surface area (Å²) in [5.41, 5.74) is 2.58. The fraction of sp³-hybridized carbons (Fsp3) is 0.500. The summed E-state index contributed by atoms with van der Waals surface area (Å²) in [4.78, 5) is 20.8. The number of methoxy groups -OCH3 is 1. The molecular weight excluding hydrogens is 446 g/mol. The van der Waals surface area contributed by atoms with Crippen molar-refractivity contribution >= 4 is 11.9 Å². The monoisotopic (exact) mass is 485 g/mol. The van der Waals surface area contributed by atoms with Crippen LogP contribution in [-0.4, -0.2) is 66.5 Å². The van der Waals surface area contributed by atoms with Gasteiger partial charge in [-0.1, -0.05) is 68.3 Å². The van der Waals surface area contributed by atoms with Crippen LogP contribution in [0.25, 0.3) is 0 Å². The molecule has 1 fully saturated rings. The number of benzene rings is 2. The van der Waals surface area contributed by atoms with Crippen LogP contribution in [0.4, 0.5) is 0 Å². The van der Waals surface area contributed by atoms with E-state index in [2.05, 4.69) is 66.4 Å². The molecule has 1 aliphatic heterocycles. The van der Waals surface area contributed by atoms with Gasteiger partial charge in [0.15, 0.2) is 0 Å². The average Bonchev–Trinajstić information content (AvgIpc) is 2.87. The first-order valence-electron chi connectivity index (χ1n) is 12.4. The van der Waals surface area contributed by atoms with Crippen LogP contribution >= 0.6 is 0 Å². The van der Waals surface area contributed by atoms with E-state index in [-0.39, 0.29) is 0 Å². The first-order chi connectivity index (χ1) is 16.9. The Bertz CT molecular complexity index is 876. The second-order valence-corrected chi connectivity index (χ2v) is 8.85. The molecule has 0 aliphatic carbocycles. The highest BCUT2D eigenvalue weighted by Gasteiger charge is 2.28. The lowest BCUT2D eigenvalue weighted by Crippen LogP contribution is -2.45. The Morgan fingerprint density at radius 2 is 1.69 bits per heavy atom. The van der Waals surface area contributed by atoms with Gasteiger partial charge in [0.1, 0.15) is 5.75 Å². The Balaban J connectivity index is 0.000000641. The van der Waals surface area contributed by atoms with Crippen molar-refractivity contribution in [2.45, 2.75) is 51.6 Å². The van der Waals surface area contributed by atoms with Crippen molar-refractivity contribution in [3.63, 3.8) is 0 Å². The van der Waals surface area contributed by atoms with Crippen LogP contribution in [0, 0.1) is 5.92 Å². The molecular formula is C28H39NO6. The summed E-state index contributed by atoms with van der Waals surface area (Å²) in [6.07, 6.45) is 7.42. The summed E-state index contributed by atoms with van der Waals surface area (Å²) in [6, 6.07) is 19.0. The third-order valence-electron chi connectivity index (χ3n) is 6.30. The molecule has 1 saturated heterocycles. The lowest BCUT2D eigenvalue weighted by Gasteiger charge is -2.38. The molecule has 0 amide bonds. The predicted molar refractivity (Wildman–Crippen MR) is 136 cm³/mol. The Kier molecular flexibility index (Phi) is 12.9. The highest BCUT2D eigenvalue weighted by molar-refractivity contribution is 6.27. The summed E-state index contributed by atoms with van der Waals surface area (Å²) in [6.45, 7) is 6.49. The minimum Gasteiger partial charge on any atom is -0.493 e. The number of hydrogen-bond donors (Lipinski definition) is 2. The Hall–Kier alpha value is -2.90. The highest BCUT2D eigenvalue weighted by Crippen LogP contribution is 2.26. The van der Waals surface area contributed by atoms with Crippen molar-refractivity contribution in [2.24, 2.45) is 5.92 Å².